The number of likely N-dealkylation sites (N-methyl/N-ethyl adjacent to an activating group) is 1. The van der Waals surface area contributed by atoms with Crippen LogP contribution in [0.25, 0.3) is 10.9 Å². The van der Waals surface area contributed by atoms with Gasteiger partial charge in [0.15, 0.2) is 0 Å². The highest BCUT2D eigenvalue weighted by Gasteiger charge is 2.56. The first-order chi connectivity index (χ1) is 24.3. The number of benzene rings is 1. The fourth-order valence-electron chi connectivity index (χ4n) is 9.26. The average Bonchev–Trinajstić information content (AvgIpc) is 3.10. The Hall–Kier alpha value is -4.39. The van der Waals surface area contributed by atoms with Gasteiger partial charge in [-0.3, -0.25) is 33.8 Å². The van der Waals surface area contributed by atoms with Crippen LogP contribution >= 0.6 is 0 Å². The van der Waals surface area contributed by atoms with Crippen molar-refractivity contribution in [1.29, 1.82) is 0 Å². The van der Waals surface area contributed by atoms with Gasteiger partial charge in [0.1, 0.15) is 12.1 Å². The van der Waals surface area contributed by atoms with Crippen LogP contribution in [0, 0.1) is 29.1 Å². The van der Waals surface area contributed by atoms with Crippen molar-refractivity contribution in [2.24, 2.45) is 29.1 Å². The molecule has 1 aromatic heterocycles. The van der Waals surface area contributed by atoms with Gasteiger partial charge in [0.05, 0.1) is 23.7 Å². The quantitative estimate of drug-likeness (QED) is 0.242. The lowest BCUT2D eigenvalue weighted by Crippen LogP contribution is -2.64. The van der Waals surface area contributed by atoms with E-state index in [1.165, 1.54) is 6.92 Å². The van der Waals surface area contributed by atoms with Crippen molar-refractivity contribution in [2.75, 3.05) is 39.8 Å². The van der Waals surface area contributed by atoms with Crippen LogP contribution in [0.3, 0.4) is 0 Å². The van der Waals surface area contributed by atoms with E-state index in [1.807, 2.05) is 31.3 Å². The molecule has 2 heterocycles. The van der Waals surface area contributed by atoms with Crippen LogP contribution in [0.4, 0.5) is 0 Å². The van der Waals surface area contributed by atoms with E-state index < -0.39 is 53.0 Å². The summed E-state index contributed by atoms with van der Waals surface area (Å²) in [6, 6.07) is 5.92. The van der Waals surface area contributed by atoms with Gasteiger partial charge in [0.25, 0.3) is 11.8 Å². The van der Waals surface area contributed by atoms with Gasteiger partial charge < -0.3 is 31.1 Å². The number of aromatic nitrogens is 1. The summed E-state index contributed by atoms with van der Waals surface area (Å²) in [6.45, 7) is 7.17. The van der Waals surface area contributed by atoms with E-state index in [-0.39, 0.29) is 18.4 Å². The van der Waals surface area contributed by atoms with Gasteiger partial charge in [0, 0.05) is 43.2 Å². The molecule has 274 valence electrons. The summed E-state index contributed by atoms with van der Waals surface area (Å²) in [7, 11) is 1.97. The van der Waals surface area contributed by atoms with Gasteiger partial charge in [-0.05, 0) is 88.3 Å². The van der Waals surface area contributed by atoms with Crippen LogP contribution < -0.4 is 21.3 Å². The topological polar surface area (TPSA) is 170 Å². The van der Waals surface area contributed by atoms with Gasteiger partial charge >= 0.3 is 0 Å². The second-order valence-corrected chi connectivity index (χ2v) is 15.8. The highest BCUT2D eigenvalue weighted by atomic mass is 16.2. The maximum atomic E-state index is 14.3. The Morgan fingerprint density at radius 2 is 1.45 bits per heavy atom. The molecule has 4 N–H and O–H groups in total. The molecule has 13 heteroatoms. The summed E-state index contributed by atoms with van der Waals surface area (Å²) in [5.74, 6) is -2.48. The molecular formula is C38H51N7O6. The number of pyridine rings is 1. The van der Waals surface area contributed by atoms with E-state index in [0.29, 0.717) is 47.3 Å². The van der Waals surface area contributed by atoms with Crippen molar-refractivity contribution in [1.82, 2.24) is 36.1 Å². The Morgan fingerprint density at radius 1 is 0.824 bits per heavy atom. The molecule has 7 rings (SSSR count). The number of carbonyl (C=O) groups is 6. The summed E-state index contributed by atoms with van der Waals surface area (Å²) < 4.78 is 0. The molecule has 1 saturated heterocycles. The fourth-order valence-corrected chi connectivity index (χ4v) is 9.26. The van der Waals surface area contributed by atoms with Crippen LogP contribution in [0.2, 0.25) is 0 Å². The van der Waals surface area contributed by atoms with Crippen molar-refractivity contribution in [3.8, 4) is 0 Å². The zero-order valence-corrected chi connectivity index (χ0v) is 30.1. The largest absolute Gasteiger partial charge is 0.344 e. The second-order valence-electron chi connectivity index (χ2n) is 15.8. The number of nitrogens with one attached hydrogen (secondary N) is 4. The van der Waals surface area contributed by atoms with Crippen molar-refractivity contribution in [3.05, 3.63) is 42.1 Å². The lowest BCUT2D eigenvalue weighted by molar-refractivity contribution is -0.142. The molecule has 1 aliphatic heterocycles. The van der Waals surface area contributed by atoms with E-state index >= 15 is 0 Å². The summed E-state index contributed by atoms with van der Waals surface area (Å²) in [4.78, 5) is 88.5. The average molecular weight is 702 g/mol. The molecule has 5 fully saturated rings. The second kappa shape index (κ2) is 15.1. The predicted octanol–water partition coefficient (Wildman–Crippen LogP) is 1.65. The number of nitrogens with zero attached hydrogens (tertiary/aromatic N) is 3. The van der Waals surface area contributed by atoms with Gasteiger partial charge in [-0.15, -0.1) is 0 Å². The number of carbonyl (C=O) groups excluding carboxylic acids is 6. The van der Waals surface area contributed by atoms with Gasteiger partial charge in [0.2, 0.25) is 23.5 Å². The maximum absolute atomic E-state index is 14.3. The first kappa shape index (κ1) is 36.4. The Morgan fingerprint density at radius 3 is 2.08 bits per heavy atom. The third kappa shape index (κ3) is 7.93. The minimum atomic E-state index is -1.17. The molecule has 4 saturated carbocycles. The number of fused-ring (bicyclic) bond motifs is 1. The van der Waals surface area contributed by atoms with Crippen LogP contribution in [0.15, 0.2) is 36.5 Å². The van der Waals surface area contributed by atoms with Gasteiger partial charge in [-0.1, -0.05) is 32.0 Å². The number of para-hydroxylation sites is 1. The lowest BCUT2D eigenvalue weighted by atomic mass is 9.47. The summed E-state index contributed by atoms with van der Waals surface area (Å²) in [6.07, 6.45) is 7.55. The van der Waals surface area contributed by atoms with Crippen LogP contribution in [0.5, 0.6) is 0 Å². The van der Waals surface area contributed by atoms with Crippen molar-refractivity contribution in [3.63, 3.8) is 0 Å². The number of Topliss-reactive ketones (excluding diaryl/α,β-unsaturated/α-hetero) is 1. The normalized spacial score (nSPS) is 25.9. The molecule has 3 atom stereocenters. The smallest absolute Gasteiger partial charge is 0.290 e. The minimum Gasteiger partial charge on any atom is -0.344 e. The number of amides is 5. The van der Waals surface area contributed by atoms with Crippen molar-refractivity contribution in [2.45, 2.75) is 77.4 Å². The first-order valence-corrected chi connectivity index (χ1v) is 18.4. The summed E-state index contributed by atoms with van der Waals surface area (Å²) in [5, 5.41) is 11.7. The standard InChI is InChI=1S/C38H51N7O6/c1-22(2)31(32(47)36(50)40-21-30(46)45-13-11-44(4)12-14-45)42-34(48)23(3)41-37(51)33(38-18-24-15-25(19-38)17-26(16-24)20-38)43-35(49)28-9-10-39-29-8-6-5-7-27(28)29/h5-10,22-26,31,33H,11-21H2,1-4H3,(H,40,50)(H,41,51)(H,42,48)(H,43,49)/t23-,24?,25?,26?,31-,33+,38?/m0/s1. The maximum Gasteiger partial charge on any atom is 0.290 e. The lowest BCUT2D eigenvalue weighted by Gasteiger charge is -2.59. The molecule has 51 heavy (non-hydrogen) atoms. The first-order valence-electron chi connectivity index (χ1n) is 18.4. The number of hydrogen-bond acceptors (Lipinski definition) is 8. The molecule has 0 spiro atoms. The Bertz CT molecular complexity index is 1640. The molecule has 1 aromatic carbocycles. The van der Waals surface area contributed by atoms with E-state index in [9.17, 15) is 28.8 Å². The number of piperazine rings is 1. The highest BCUT2D eigenvalue weighted by Crippen LogP contribution is 2.61. The fraction of sp³-hybridized carbons (Fsp3) is 0.605. The molecule has 2 aromatic rings. The monoisotopic (exact) mass is 701 g/mol. The minimum absolute atomic E-state index is 0.275. The van der Waals surface area contributed by atoms with Crippen LogP contribution in [-0.4, -0.2) is 108 Å². The molecule has 0 unspecified atom stereocenters. The molecule has 4 bridgehead atoms. The highest BCUT2D eigenvalue weighted by molar-refractivity contribution is 6.38. The van der Waals surface area contributed by atoms with Gasteiger partial charge in [-0.25, -0.2) is 0 Å². The zero-order valence-electron chi connectivity index (χ0n) is 30.1. The molecule has 4 aliphatic carbocycles. The SMILES string of the molecule is CC(C)[C@H](NC(=O)[C@H](C)NC(=O)[C@@H](NC(=O)c1ccnc2ccccc12)C12CC3CC(CC(C3)C1)C2)C(=O)C(=O)NCC(=O)N1CCN(C)CC1. The molecule has 5 amide bonds. The summed E-state index contributed by atoms with van der Waals surface area (Å²) in [5.41, 5.74) is 0.676. The van der Waals surface area contributed by atoms with Crippen molar-refractivity contribution >= 4 is 46.2 Å². The summed E-state index contributed by atoms with van der Waals surface area (Å²) >= 11 is 0. The number of ketones is 1. The van der Waals surface area contributed by atoms with Crippen LogP contribution in [0.1, 0.15) is 69.7 Å². The predicted molar refractivity (Wildman–Crippen MR) is 190 cm³/mol. The van der Waals surface area contributed by atoms with E-state index in [4.69, 9.17) is 0 Å². The van der Waals surface area contributed by atoms with E-state index in [0.717, 1.165) is 51.6 Å². The Labute approximate surface area is 299 Å². The third-order valence-corrected chi connectivity index (χ3v) is 11.6. The molecule has 0 radical (unpaired) electrons. The van der Waals surface area contributed by atoms with Crippen molar-refractivity contribution < 1.29 is 28.8 Å². The molecular weight excluding hydrogens is 650 g/mol. The van der Waals surface area contributed by atoms with E-state index in [2.05, 4.69) is 31.2 Å². The third-order valence-electron chi connectivity index (χ3n) is 11.6. The number of rotatable bonds is 12. The van der Waals surface area contributed by atoms with E-state index in [1.54, 1.807) is 31.0 Å². The van der Waals surface area contributed by atoms with Gasteiger partial charge in [-0.2, -0.15) is 0 Å². The number of hydrogen-bond donors (Lipinski definition) is 4. The van der Waals surface area contributed by atoms with Crippen LogP contribution in [-0.2, 0) is 24.0 Å². The molecule has 13 nitrogen and oxygen atoms in total. The Balaban J connectivity index is 1.13. The zero-order chi connectivity index (χ0) is 36.4. The Kier molecular flexibility index (Phi) is 10.8. The molecule has 5 aliphatic rings.